The van der Waals surface area contributed by atoms with Gasteiger partial charge < -0.3 is 10.1 Å². The number of pyridine rings is 2. The molecule has 8 heteroatoms. The van der Waals surface area contributed by atoms with Gasteiger partial charge >= 0.3 is 5.97 Å². The fourth-order valence-electron chi connectivity index (χ4n) is 1.97. The quantitative estimate of drug-likeness (QED) is 0.576. The Labute approximate surface area is 142 Å². The lowest BCUT2D eigenvalue weighted by atomic mass is 10.2. The third-order valence-electron chi connectivity index (χ3n) is 3.09. The summed E-state index contributed by atoms with van der Waals surface area (Å²) in [5.41, 5.74) is 2.41. The molecule has 3 rings (SSSR count). The maximum Gasteiger partial charge on any atom is 0.339 e. The van der Waals surface area contributed by atoms with Crippen molar-refractivity contribution in [3.63, 3.8) is 0 Å². The van der Waals surface area contributed by atoms with Gasteiger partial charge in [-0.1, -0.05) is 11.6 Å². The second kappa shape index (κ2) is 7.01. The minimum Gasteiger partial charge on any atom is -0.465 e. The monoisotopic (exact) mass is 341 g/mol. The van der Waals surface area contributed by atoms with E-state index >= 15 is 0 Å². The van der Waals surface area contributed by atoms with Crippen molar-refractivity contribution in [2.75, 3.05) is 12.4 Å². The van der Waals surface area contributed by atoms with E-state index in [2.05, 4.69) is 30.0 Å². The van der Waals surface area contributed by atoms with E-state index in [4.69, 9.17) is 11.6 Å². The number of carbonyl (C=O) groups excluding carboxylic acids is 1. The van der Waals surface area contributed by atoms with Crippen molar-refractivity contribution in [1.29, 1.82) is 0 Å². The first-order valence-corrected chi connectivity index (χ1v) is 7.29. The summed E-state index contributed by atoms with van der Waals surface area (Å²) < 4.78 is 4.67. The van der Waals surface area contributed by atoms with E-state index in [1.54, 1.807) is 36.8 Å². The van der Waals surface area contributed by atoms with E-state index in [0.717, 1.165) is 5.56 Å². The Balaban J connectivity index is 1.85. The number of hydrogen-bond donors (Lipinski definition) is 1. The molecule has 0 amide bonds. The maximum atomic E-state index is 11.5. The Hall–Kier alpha value is -3.06. The molecule has 0 aliphatic heterocycles. The molecule has 0 aromatic carbocycles. The van der Waals surface area contributed by atoms with Crippen LogP contribution in [0.2, 0.25) is 5.15 Å². The average molecular weight is 342 g/mol. The van der Waals surface area contributed by atoms with Gasteiger partial charge in [-0.2, -0.15) is 0 Å². The van der Waals surface area contributed by atoms with Gasteiger partial charge in [0.05, 0.1) is 30.3 Å². The third-order valence-corrected chi connectivity index (χ3v) is 3.32. The van der Waals surface area contributed by atoms with Gasteiger partial charge in [0.1, 0.15) is 5.15 Å². The highest BCUT2D eigenvalue weighted by atomic mass is 35.5. The highest BCUT2D eigenvalue weighted by molar-refractivity contribution is 6.29. The molecular formula is C16H12ClN5O2. The average Bonchev–Trinajstić information content (AvgIpc) is 2.62. The predicted octanol–water partition coefficient (Wildman–Crippen LogP) is 3.12. The minimum absolute atomic E-state index is 0.334. The van der Waals surface area contributed by atoms with Crippen molar-refractivity contribution in [2.45, 2.75) is 0 Å². The first-order chi connectivity index (χ1) is 11.7. The Morgan fingerprint density at radius 1 is 1.17 bits per heavy atom. The number of methoxy groups -OCH3 is 1. The van der Waals surface area contributed by atoms with E-state index in [1.165, 1.54) is 13.3 Å². The fourth-order valence-corrected chi connectivity index (χ4v) is 2.09. The second-order valence-electron chi connectivity index (χ2n) is 4.71. The molecule has 24 heavy (non-hydrogen) atoms. The van der Waals surface area contributed by atoms with Crippen molar-refractivity contribution in [1.82, 2.24) is 19.9 Å². The zero-order chi connectivity index (χ0) is 16.9. The topological polar surface area (TPSA) is 89.9 Å². The lowest BCUT2D eigenvalue weighted by molar-refractivity contribution is 0.0600. The van der Waals surface area contributed by atoms with Gasteiger partial charge in [0.15, 0.2) is 0 Å². The number of aromatic nitrogens is 4. The summed E-state index contributed by atoms with van der Waals surface area (Å²) in [6.45, 7) is 0. The van der Waals surface area contributed by atoms with Crippen LogP contribution in [0.5, 0.6) is 0 Å². The van der Waals surface area contributed by atoms with Gasteiger partial charge in [0, 0.05) is 24.2 Å². The van der Waals surface area contributed by atoms with Gasteiger partial charge in [0.2, 0.25) is 5.95 Å². The molecule has 0 saturated carbocycles. The minimum atomic E-state index is -0.465. The van der Waals surface area contributed by atoms with Crippen LogP contribution in [-0.4, -0.2) is 33.0 Å². The summed E-state index contributed by atoms with van der Waals surface area (Å²) in [6, 6.07) is 6.88. The van der Waals surface area contributed by atoms with E-state index < -0.39 is 5.97 Å². The number of ether oxygens (including phenoxy) is 1. The van der Waals surface area contributed by atoms with Crippen LogP contribution in [0.3, 0.4) is 0 Å². The molecule has 0 radical (unpaired) electrons. The SMILES string of the molecule is COC(=O)c1cncc(Nc2nccc(-c3ccc(Cl)nc3)n2)c1. The zero-order valence-corrected chi connectivity index (χ0v) is 13.4. The number of hydrogen-bond acceptors (Lipinski definition) is 7. The summed E-state index contributed by atoms with van der Waals surface area (Å²) >= 11 is 5.79. The van der Waals surface area contributed by atoms with Crippen LogP contribution in [0.25, 0.3) is 11.3 Å². The van der Waals surface area contributed by atoms with Crippen LogP contribution >= 0.6 is 11.6 Å². The van der Waals surface area contributed by atoms with Gasteiger partial charge in [-0.15, -0.1) is 0 Å². The van der Waals surface area contributed by atoms with Gasteiger partial charge in [-0.05, 0) is 24.3 Å². The molecule has 3 aromatic rings. The summed E-state index contributed by atoms with van der Waals surface area (Å²) in [4.78, 5) is 28.1. The number of nitrogens with one attached hydrogen (secondary N) is 1. The lowest BCUT2D eigenvalue weighted by Crippen LogP contribution is -2.04. The smallest absolute Gasteiger partial charge is 0.339 e. The molecule has 3 aromatic heterocycles. The highest BCUT2D eigenvalue weighted by Gasteiger charge is 2.08. The molecule has 0 atom stereocenters. The Morgan fingerprint density at radius 2 is 2.04 bits per heavy atom. The summed E-state index contributed by atoms with van der Waals surface area (Å²) in [5, 5.41) is 3.42. The standard InChI is InChI=1S/C16H12ClN5O2/c1-24-15(23)11-6-12(9-18-7-11)21-16-19-5-4-13(22-16)10-2-3-14(17)20-8-10/h2-9H,1H3,(H,19,21,22). The van der Waals surface area contributed by atoms with Gasteiger partial charge in [-0.3, -0.25) is 4.98 Å². The van der Waals surface area contributed by atoms with Crippen LogP contribution in [-0.2, 0) is 4.74 Å². The molecule has 7 nitrogen and oxygen atoms in total. The van der Waals surface area contributed by atoms with Crippen LogP contribution in [0.4, 0.5) is 11.6 Å². The van der Waals surface area contributed by atoms with Crippen molar-refractivity contribution in [2.24, 2.45) is 0 Å². The van der Waals surface area contributed by atoms with Crippen molar-refractivity contribution >= 4 is 29.2 Å². The third kappa shape index (κ3) is 3.64. The van der Waals surface area contributed by atoms with Crippen molar-refractivity contribution in [3.8, 4) is 11.3 Å². The Kier molecular flexibility index (Phi) is 4.62. The maximum absolute atomic E-state index is 11.5. The molecule has 0 spiro atoms. The molecule has 0 bridgehead atoms. The molecule has 120 valence electrons. The Bertz CT molecular complexity index is 870. The number of rotatable bonds is 4. The lowest BCUT2D eigenvalue weighted by Gasteiger charge is -2.07. The van der Waals surface area contributed by atoms with Crippen LogP contribution in [0.1, 0.15) is 10.4 Å². The zero-order valence-electron chi connectivity index (χ0n) is 12.6. The number of halogens is 1. The molecular weight excluding hydrogens is 330 g/mol. The normalized spacial score (nSPS) is 10.2. The Morgan fingerprint density at radius 3 is 2.79 bits per heavy atom. The number of nitrogens with zero attached hydrogens (tertiary/aromatic N) is 4. The van der Waals surface area contributed by atoms with Crippen LogP contribution in [0, 0.1) is 0 Å². The number of esters is 1. The molecule has 0 fully saturated rings. The fraction of sp³-hybridized carbons (Fsp3) is 0.0625. The van der Waals surface area contributed by atoms with E-state index in [0.29, 0.717) is 28.0 Å². The summed E-state index contributed by atoms with van der Waals surface area (Å²) in [7, 11) is 1.31. The summed E-state index contributed by atoms with van der Waals surface area (Å²) in [5.74, 6) is -0.0978. The highest BCUT2D eigenvalue weighted by Crippen LogP contribution is 2.20. The summed E-state index contributed by atoms with van der Waals surface area (Å²) in [6.07, 6.45) is 6.24. The molecule has 0 saturated heterocycles. The van der Waals surface area contributed by atoms with Gasteiger partial charge in [0.25, 0.3) is 0 Å². The molecule has 1 N–H and O–H groups in total. The van der Waals surface area contributed by atoms with Crippen molar-refractivity contribution in [3.05, 3.63) is 59.8 Å². The number of carbonyl (C=O) groups is 1. The predicted molar refractivity (Wildman–Crippen MR) is 89.1 cm³/mol. The molecule has 0 unspecified atom stereocenters. The first-order valence-electron chi connectivity index (χ1n) is 6.91. The molecule has 0 aliphatic carbocycles. The molecule has 3 heterocycles. The second-order valence-corrected chi connectivity index (χ2v) is 5.10. The number of anilines is 2. The molecule has 0 aliphatic rings. The van der Waals surface area contributed by atoms with E-state index in [-0.39, 0.29) is 0 Å². The van der Waals surface area contributed by atoms with Crippen LogP contribution < -0.4 is 5.32 Å². The van der Waals surface area contributed by atoms with Crippen molar-refractivity contribution < 1.29 is 9.53 Å². The largest absolute Gasteiger partial charge is 0.465 e. The van der Waals surface area contributed by atoms with E-state index in [1.807, 2.05) is 6.07 Å². The van der Waals surface area contributed by atoms with Crippen LogP contribution in [0.15, 0.2) is 49.1 Å². The van der Waals surface area contributed by atoms with Gasteiger partial charge in [-0.25, -0.2) is 19.7 Å². The van der Waals surface area contributed by atoms with E-state index in [9.17, 15) is 4.79 Å². The first kappa shape index (κ1) is 15.8.